The third kappa shape index (κ3) is 3.59. The number of para-hydroxylation sites is 1. The Hall–Kier alpha value is -3.15. The summed E-state index contributed by atoms with van der Waals surface area (Å²) in [6, 6.07) is 12.7. The van der Waals surface area contributed by atoms with E-state index in [0.717, 1.165) is 16.5 Å². The van der Waals surface area contributed by atoms with Crippen molar-refractivity contribution in [3.05, 3.63) is 71.2 Å². The van der Waals surface area contributed by atoms with Crippen molar-refractivity contribution < 1.29 is 18.7 Å². The molecule has 0 bridgehead atoms. The number of benzene rings is 2. The number of halogens is 1. The molecule has 0 saturated carbocycles. The van der Waals surface area contributed by atoms with Crippen molar-refractivity contribution in [2.45, 2.75) is 19.4 Å². The lowest BCUT2D eigenvalue weighted by atomic mass is 10.0. The molecule has 1 aromatic heterocycles. The number of aryl methyl sites for hydroxylation is 1. The normalized spacial score (nSPS) is 12.0. The predicted molar refractivity (Wildman–Crippen MR) is 96.3 cm³/mol. The maximum atomic E-state index is 14.2. The first kappa shape index (κ1) is 17.7. The van der Waals surface area contributed by atoms with Gasteiger partial charge >= 0.3 is 5.97 Å². The minimum atomic E-state index is -0.830. The number of amides is 1. The number of aromatic nitrogens is 1. The maximum Gasteiger partial charge on any atom is 0.307 e. The number of esters is 1. The number of rotatable bonds is 5. The van der Waals surface area contributed by atoms with Crippen LogP contribution in [0.2, 0.25) is 0 Å². The Morgan fingerprint density at radius 3 is 2.65 bits per heavy atom. The molecule has 1 unspecified atom stereocenters. The fourth-order valence-corrected chi connectivity index (χ4v) is 2.91. The van der Waals surface area contributed by atoms with Crippen LogP contribution in [0.3, 0.4) is 0 Å². The number of carbonyl (C=O) groups excluding carboxylic acids is 2. The molecule has 5 nitrogen and oxygen atoms in total. The van der Waals surface area contributed by atoms with Gasteiger partial charge in [-0.1, -0.05) is 36.4 Å². The smallest absolute Gasteiger partial charge is 0.307 e. The van der Waals surface area contributed by atoms with Crippen molar-refractivity contribution >= 4 is 22.8 Å². The van der Waals surface area contributed by atoms with E-state index in [0.29, 0.717) is 5.69 Å². The molecule has 0 aliphatic rings. The topological polar surface area (TPSA) is 71.2 Å². The molecule has 0 fully saturated rings. The van der Waals surface area contributed by atoms with E-state index < -0.39 is 23.7 Å². The van der Waals surface area contributed by atoms with E-state index in [1.54, 1.807) is 24.3 Å². The average Bonchev–Trinajstić information content (AvgIpc) is 3.07. The number of hydrogen-bond donors (Lipinski definition) is 2. The largest absolute Gasteiger partial charge is 0.469 e. The van der Waals surface area contributed by atoms with E-state index in [9.17, 15) is 14.0 Å². The summed E-state index contributed by atoms with van der Waals surface area (Å²) in [7, 11) is 1.25. The molecule has 3 rings (SSSR count). The van der Waals surface area contributed by atoms with Crippen LogP contribution in [0.1, 0.15) is 34.1 Å². The minimum Gasteiger partial charge on any atom is -0.469 e. The van der Waals surface area contributed by atoms with Gasteiger partial charge in [0.25, 0.3) is 5.91 Å². The van der Waals surface area contributed by atoms with Gasteiger partial charge in [0.2, 0.25) is 0 Å². The Morgan fingerprint density at radius 1 is 1.19 bits per heavy atom. The van der Waals surface area contributed by atoms with Crippen molar-refractivity contribution in [1.82, 2.24) is 10.3 Å². The molecule has 3 aromatic rings. The molecule has 134 valence electrons. The third-order valence-corrected chi connectivity index (χ3v) is 4.29. The highest BCUT2D eigenvalue weighted by Crippen LogP contribution is 2.23. The molecule has 26 heavy (non-hydrogen) atoms. The molecule has 1 heterocycles. The highest BCUT2D eigenvalue weighted by Gasteiger charge is 2.23. The first-order chi connectivity index (χ1) is 12.5. The lowest BCUT2D eigenvalue weighted by Gasteiger charge is -2.18. The van der Waals surface area contributed by atoms with Crippen LogP contribution in [0.4, 0.5) is 4.39 Å². The summed E-state index contributed by atoms with van der Waals surface area (Å²) in [4.78, 5) is 27.5. The van der Waals surface area contributed by atoms with Gasteiger partial charge in [0.15, 0.2) is 0 Å². The molecule has 0 saturated heterocycles. The number of H-pyrrole nitrogens is 1. The van der Waals surface area contributed by atoms with Crippen LogP contribution >= 0.6 is 0 Å². The average molecular weight is 354 g/mol. The second-order valence-corrected chi connectivity index (χ2v) is 6.05. The molecule has 2 N–H and O–H groups in total. The van der Waals surface area contributed by atoms with Crippen molar-refractivity contribution in [3.63, 3.8) is 0 Å². The molecule has 0 radical (unpaired) electrons. The Morgan fingerprint density at radius 2 is 1.96 bits per heavy atom. The summed E-state index contributed by atoms with van der Waals surface area (Å²) < 4.78 is 18.8. The van der Waals surface area contributed by atoms with Gasteiger partial charge in [-0.2, -0.15) is 0 Å². The van der Waals surface area contributed by atoms with Crippen LogP contribution < -0.4 is 5.32 Å². The van der Waals surface area contributed by atoms with Crippen molar-refractivity contribution in [2.24, 2.45) is 0 Å². The molecule has 6 heteroatoms. The lowest BCUT2D eigenvalue weighted by Crippen LogP contribution is -2.31. The highest BCUT2D eigenvalue weighted by atomic mass is 19.1. The summed E-state index contributed by atoms with van der Waals surface area (Å²) in [5.41, 5.74) is 2.47. The van der Waals surface area contributed by atoms with Crippen molar-refractivity contribution in [1.29, 1.82) is 0 Å². The Kier molecular flexibility index (Phi) is 5.02. The van der Waals surface area contributed by atoms with Crippen LogP contribution in [0.5, 0.6) is 0 Å². The van der Waals surface area contributed by atoms with Crippen LogP contribution in [-0.2, 0) is 9.53 Å². The van der Waals surface area contributed by atoms with E-state index >= 15 is 0 Å². The first-order valence-corrected chi connectivity index (χ1v) is 8.20. The quantitative estimate of drug-likeness (QED) is 0.687. The number of aromatic amines is 1. The van der Waals surface area contributed by atoms with Crippen LogP contribution in [0.15, 0.2) is 48.5 Å². The number of nitrogens with one attached hydrogen (secondary N) is 2. The SMILES string of the molecule is COC(=O)CC(NC(=O)c1cc2cccc(C)c2[nH]1)c1ccccc1F. The standard InChI is InChI=1S/C20H19FN2O3/c1-12-6-5-7-13-10-17(22-19(12)13)20(25)23-16(11-18(24)26-2)14-8-3-4-9-15(14)21/h3-10,16,22H,11H2,1-2H3,(H,23,25). The van der Waals surface area contributed by atoms with Gasteiger partial charge in [-0.25, -0.2) is 4.39 Å². The molecule has 1 atom stereocenters. The first-order valence-electron chi connectivity index (χ1n) is 8.20. The van der Waals surface area contributed by atoms with Crippen molar-refractivity contribution in [2.75, 3.05) is 7.11 Å². The number of carbonyl (C=O) groups is 2. The molecule has 0 spiro atoms. The van der Waals surface area contributed by atoms with E-state index in [-0.39, 0.29) is 12.0 Å². The zero-order chi connectivity index (χ0) is 18.7. The number of methoxy groups -OCH3 is 1. The molecular formula is C20H19FN2O3. The van der Waals surface area contributed by atoms with Gasteiger partial charge in [0.05, 0.1) is 19.6 Å². The monoisotopic (exact) mass is 354 g/mol. The fourth-order valence-electron chi connectivity index (χ4n) is 2.91. The fraction of sp³-hybridized carbons (Fsp3) is 0.200. The third-order valence-electron chi connectivity index (χ3n) is 4.29. The summed E-state index contributed by atoms with van der Waals surface area (Å²) in [6.45, 7) is 1.94. The molecule has 0 aliphatic heterocycles. The summed E-state index contributed by atoms with van der Waals surface area (Å²) >= 11 is 0. The lowest BCUT2D eigenvalue weighted by molar-refractivity contribution is -0.141. The van der Waals surface area contributed by atoms with Gasteiger partial charge in [-0.3, -0.25) is 9.59 Å². The Balaban J connectivity index is 1.89. The van der Waals surface area contributed by atoms with Crippen molar-refractivity contribution in [3.8, 4) is 0 Å². The zero-order valence-corrected chi connectivity index (χ0v) is 14.5. The number of fused-ring (bicyclic) bond motifs is 1. The second kappa shape index (κ2) is 7.39. The van der Waals surface area contributed by atoms with Gasteiger partial charge in [-0.15, -0.1) is 0 Å². The minimum absolute atomic E-state index is 0.164. The summed E-state index contributed by atoms with van der Waals surface area (Å²) in [5.74, 6) is -1.45. The Bertz CT molecular complexity index is 965. The van der Waals surface area contributed by atoms with E-state index in [1.807, 2.05) is 25.1 Å². The summed E-state index contributed by atoms with van der Waals surface area (Å²) in [6.07, 6.45) is -0.164. The molecular weight excluding hydrogens is 335 g/mol. The van der Waals surface area contributed by atoms with E-state index in [1.165, 1.54) is 13.2 Å². The Labute approximate surface area is 150 Å². The van der Waals surface area contributed by atoms with Crippen LogP contribution in [-0.4, -0.2) is 24.0 Å². The van der Waals surface area contributed by atoms with Crippen LogP contribution in [0, 0.1) is 12.7 Å². The van der Waals surface area contributed by atoms with Gasteiger partial charge in [-0.05, 0) is 24.6 Å². The number of ether oxygens (including phenoxy) is 1. The van der Waals surface area contributed by atoms with E-state index in [4.69, 9.17) is 0 Å². The maximum absolute atomic E-state index is 14.2. The molecule has 1 amide bonds. The van der Waals surface area contributed by atoms with Gasteiger partial charge < -0.3 is 15.0 Å². The molecule has 0 aliphatic carbocycles. The zero-order valence-electron chi connectivity index (χ0n) is 14.5. The van der Waals surface area contributed by atoms with Gasteiger partial charge in [0.1, 0.15) is 11.5 Å². The predicted octanol–water partition coefficient (Wildman–Crippen LogP) is 3.65. The second-order valence-electron chi connectivity index (χ2n) is 6.05. The number of hydrogen-bond acceptors (Lipinski definition) is 3. The van der Waals surface area contributed by atoms with Gasteiger partial charge in [0, 0.05) is 16.5 Å². The summed E-state index contributed by atoms with van der Waals surface area (Å²) in [5, 5.41) is 3.63. The van der Waals surface area contributed by atoms with Crippen LogP contribution in [0.25, 0.3) is 10.9 Å². The highest BCUT2D eigenvalue weighted by molar-refractivity contribution is 5.99. The van der Waals surface area contributed by atoms with E-state index in [2.05, 4.69) is 15.0 Å². The molecule has 2 aromatic carbocycles.